The van der Waals surface area contributed by atoms with Crippen molar-refractivity contribution in [2.75, 3.05) is 38.5 Å². The zero-order valence-electron chi connectivity index (χ0n) is 14.7. The molecule has 23 heavy (non-hydrogen) atoms. The van der Waals surface area contributed by atoms with E-state index in [0.717, 1.165) is 19.4 Å². The van der Waals surface area contributed by atoms with Crippen molar-refractivity contribution in [3.05, 3.63) is 0 Å². The molecule has 1 saturated heterocycles. The number of piperidine rings is 1. The van der Waals surface area contributed by atoms with Gasteiger partial charge in [-0.25, -0.2) is 17.9 Å². The molecule has 1 aliphatic rings. The third kappa shape index (κ3) is 8.53. The quantitative estimate of drug-likeness (QED) is 0.674. The molecular formula is C15H31N3O4S. The number of hydrogen-bond donors (Lipinski definition) is 2. The van der Waals surface area contributed by atoms with Crippen molar-refractivity contribution in [2.24, 2.45) is 5.92 Å². The maximum Gasteiger partial charge on any atom is 0.410 e. The number of hydrogen-bond acceptors (Lipinski definition) is 5. The Morgan fingerprint density at radius 3 is 2.39 bits per heavy atom. The van der Waals surface area contributed by atoms with Crippen LogP contribution in [0.3, 0.4) is 0 Å². The van der Waals surface area contributed by atoms with Gasteiger partial charge in [-0.3, -0.25) is 0 Å². The Morgan fingerprint density at radius 1 is 1.26 bits per heavy atom. The molecule has 1 aliphatic heterocycles. The first kappa shape index (κ1) is 20.2. The number of carbonyl (C=O) groups is 1. The minimum absolute atomic E-state index is 0.0948. The molecule has 0 atom stereocenters. The van der Waals surface area contributed by atoms with E-state index < -0.39 is 15.6 Å². The van der Waals surface area contributed by atoms with Crippen LogP contribution in [-0.4, -0.2) is 63.5 Å². The van der Waals surface area contributed by atoms with Crippen LogP contribution < -0.4 is 10.0 Å². The average molecular weight is 349 g/mol. The molecule has 0 aliphatic carbocycles. The van der Waals surface area contributed by atoms with Gasteiger partial charge in [0.05, 0.1) is 5.75 Å². The van der Waals surface area contributed by atoms with Gasteiger partial charge in [0, 0.05) is 26.2 Å². The van der Waals surface area contributed by atoms with Gasteiger partial charge < -0.3 is 15.0 Å². The Morgan fingerprint density at radius 2 is 1.87 bits per heavy atom. The fourth-order valence-corrected chi connectivity index (χ4v) is 3.45. The van der Waals surface area contributed by atoms with Crippen LogP contribution in [0.5, 0.6) is 0 Å². The van der Waals surface area contributed by atoms with Crippen molar-refractivity contribution in [1.82, 2.24) is 14.9 Å². The zero-order chi connectivity index (χ0) is 17.5. The number of ether oxygens (including phenoxy) is 1. The standard InChI is InChI=1S/C15H31N3O4S/c1-5-17-23(20,21)11-8-16-12-13-6-9-18(10-7-13)14(19)22-15(2,3)4/h13,16-17H,5-12H2,1-4H3. The molecule has 2 N–H and O–H groups in total. The van der Waals surface area contributed by atoms with Crippen LogP contribution in [0.2, 0.25) is 0 Å². The Kier molecular flexibility index (Phi) is 7.76. The molecular weight excluding hydrogens is 318 g/mol. The SMILES string of the molecule is CCNS(=O)(=O)CCNCC1CCN(C(=O)OC(C)(C)C)CC1. The molecule has 1 amide bonds. The van der Waals surface area contributed by atoms with E-state index in [4.69, 9.17) is 4.74 Å². The predicted molar refractivity (Wildman–Crippen MR) is 90.9 cm³/mol. The second-order valence-corrected chi connectivity index (χ2v) is 8.86. The summed E-state index contributed by atoms with van der Waals surface area (Å²) in [5, 5.41) is 3.20. The Labute approximate surface area is 140 Å². The number of likely N-dealkylation sites (tertiary alicyclic amines) is 1. The summed E-state index contributed by atoms with van der Waals surface area (Å²) in [4.78, 5) is 13.7. The lowest BCUT2D eigenvalue weighted by Gasteiger charge is -2.33. The number of amides is 1. The number of carbonyl (C=O) groups excluding carboxylic acids is 1. The monoisotopic (exact) mass is 349 g/mol. The van der Waals surface area contributed by atoms with Gasteiger partial charge in [-0.1, -0.05) is 6.92 Å². The van der Waals surface area contributed by atoms with Crippen molar-refractivity contribution >= 4 is 16.1 Å². The third-order valence-corrected chi connectivity index (χ3v) is 5.08. The molecule has 8 heteroatoms. The average Bonchev–Trinajstić information content (AvgIpc) is 2.42. The predicted octanol–water partition coefficient (Wildman–Crippen LogP) is 1.16. The molecule has 0 aromatic rings. The second-order valence-electron chi connectivity index (χ2n) is 6.93. The first-order valence-corrected chi connectivity index (χ1v) is 9.94. The Balaban J connectivity index is 2.21. The van der Waals surface area contributed by atoms with Crippen LogP contribution in [0.25, 0.3) is 0 Å². The Hall–Kier alpha value is -0.860. The van der Waals surface area contributed by atoms with Gasteiger partial charge in [0.15, 0.2) is 0 Å². The number of sulfonamides is 1. The molecule has 7 nitrogen and oxygen atoms in total. The minimum atomic E-state index is -3.15. The molecule has 0 bridgehead atoms. The molecule has 1 fully saturated rings. The molecule has 0 aromatic carbocycles. The largest absolute Gasteiger partial charge is 0.444 e. The first-order chi connectivity index (χ1) is 10.6. The Bertz CT molecular complexity index is 466. The molecule has 0 unspecified atom stereocenters. The van der Waals surface area contributed by atoms with E-state index in [9.17, 15) is 13.2 Å². The molecule has 0 saturated carbocycles. The van der Waals surface area contributed by atoms with Crippen molar-refractivity contribution in [3.8, 4) is 0 Å². The van der Waals surface area contributed by atoms with Crippen LogP contribution in [0, 0.1) is 5.92 Å². The summed E-state index contributed by atoms with van der Waals surface area (Å²) in [6, 6.07) is 0. The highest BCUT2D eigenvalue weighted by Crippen LogP contribution is 2.19. The number of rotatable bonds is 7. The van der Waals surface area contributed by atoms with E-state index >= 15 is 0 Å². The van der Waals surface area contributed by atoms with Crippen molar-refractivity contribution < 1.29 is 17.9 Å². The van der Waals surface area contributed by atoms with Crippen LogP contribution in [-0.2, 0) is 14.8 Å². The van der Waals surface area contributed by atoms with Gasteiger partial charge in [0.1, 0.15) is 5.60 Å². The number of nitrogens with one attached hydrogen (secondary N) is 2. The first-order valence-electron chi connectivity index (χ1n) is 8.29. The number of nitrogens with zero attached hydrogens (tertiary/aromatic N) is 1. The lowest BCUT2D eigenvalue weighted by Crippen LogP contribution is -2.43. The van der Waals surface area contributed by atoms with Gasteiger partial charge in [-0.15, -0.1) is 0 Å². The van der Waals surface area contributed by atoms with E-state index in [-0.39, 0.29) is 11.8 Å². The van der Waals surface area contributed by atoms with E-state index in [1.54, 1.807) is 11.8 Å². The van der Waals surface area contributed by atoms with Gasteiger partial charge in [-0.05, 0) is 46.1 Å². The van der Waals surface area contributed by atoms with Gasteiger partial charge >= 0.3 is 6.09 Å². The van der Waals surface area contributed by atoms with Crippen molar-refractivity contribution in [2.45, 2.75) is 46.1 Å². The second kappa shape index (κ2) is 8.84. The smallest absolute Gasteiger partial charge is 0.410 e. The molecule has 0 radical (unpaired) electrons. The van der Waals surface area contributed by atoms with Crippen LogP contribution >= 0.6 is 0 Å². The summed E-state index contributed by atoms with van der Waals surface area (Å²) in [7, 11) is -3.15. The fourth-order valence-electron chi connectivity index (χ4n) is 2.45. The topological polar surface area (TPSA) is 87.7 Å². The zero-order valence-corrected chi connectivity index (χ0v) is 15.5. The summed E-state index contributed by atoms with van der Waals surface area (Å²) in [6.07, 6.45) is 1.57. The van der Waals surface area contributed by atoms with E-state index in [1.165, 1.54) is 0 Å². The van der Waals surface area contributed by atoms with Gasteiger partial charge in [0.25, 0.3) is 0 Å². The van der Waals surface area contributed by atoms with Crippen molar-refractivity contribution in [1.29, 1.82) is 0 Å². The highest BCUT2D eigenvalue weighted by Gasteiger charge is 2.26. The lowest BCUT2D eigenvalue weighted by atomic mass is 9.97. The summed E-state index contributed by atoms with van der Waals surface area (Å²) in [5.41, 5.74) is -0.465. The summed E-state index contributed by atoms with van der Waals surface area (Å²) in [5.74, 6) is 0.563. The maximum atomic E-state index is 12.0. The third-order valence-electron chi connectivity index (χ3n) is 3.61. The molecule has 1 heterocycles. The van der Waals surface area contributed by atoms with Crippen LogP contribution in [0.15, 0.2) is 0 Å². The minimum Gasteiger partial charge on any atom is -0.444 e. The van der Waals surface area contributed by atoms with Gasteiger partial charge in [0.2, 0.25) is 10.0 Å². The summed E-state index contributed by atoms with van der Waals surface area (Å²) < 4.78 is 30.8. The van der Waals surface area contributed by atoms with E-state index in [0.29, 0.717) is 32.1 Å². The summed E-state index contributed by atoms with van der Waals surface area (Å²) in [6.45, 7) is 10.4. The van der Waals surface area contributed by atoms with Crippen molar-refractivity contribution in [3.63, 3.8) is 0 Å². The molecule has 0 aromatic heterocycles. The maximum absolute atomic E-state index is 12.0. The normalized spacial score (nSPS) is 17.3. The van der Waals surface area contributed by atoms with Gasteiger partial charge in [-0.2, -0.15) is 0 Å². The van der Waals surface area contributed by atoms with Crippen LogP contribution in [0.4, 0.5) is 4.79 Å². The fraction of sp³-hybridized carbons (Fsp3) is 0.933. The molecule has 136 valence electrons. The highest BCUT2D eigenvalue weighted by molar-refractivity contribution is 7.89. The lowest BCUT2D eigenvalue weighted by molar-refractivity contribution is 0.0184. The highest BCUT2D eigenvalue weighted by atomic mass is 32.2. The van der Waals surface area contributed by atoms with Crippen LogP contribution in [0.1, 0.15) is 40.5 Å². The molecule has 0 spiro atoms. The van der Waals surface area contributed by atoms with E-state index in [1.807, 2.05) is 20.8 Å². The van der Waals surface area contributed by atoms with E-state index in [2.05, 4.69) is 10.0 Å². The summed E-state index contributed by atoms with van der Waals surface area (Å²) >= 11 is 0. The molecule has 1 rings (SSSR count).